The molecular weight excluding hydrogens is 479 g/mol. The first kappa shape index (κ1) is 22.4. The van der Waals surface area contributed by atoms with Gasteiger partial charge in [-0.05, 0) is 31.9 Å². The fourth-order valence-corrected chi connectivity index (χ4v) is 5.12. The molecule has 0 bridgehead atoms. The average molecular weight is 508 g/mol. The molecule has 0 aliphatic carbocycles. The van der Waals surface area contributed by atoms with Crippen LogP contribution in [0, 0.1) is 0 Å². The number of anilines is 1. The second kappa shape index (κ2) is 9.53. The molecule has 2 aliphatic heterocycles. The van der Waals surface area contributed by atoms with Crippen LogP contribution in [0.15, 0.2) is 29.3 Å². The maximum atomic E-state index is 12.6. The highest BCUT2D eigenvalue weighted by Crippen LogP contribution is 2.27. The molecular formula is C18H29IN4O3S. The van der Waals surface area contributed by atoms with Crippen LogP contribution in [0.3, 0.4) is 0 Å². The van der Waals surface area contributed by atoms with Crippen LogP contribution in [0.2, 0.25) is 0 Å². The molecule has 2 aliphatic rings. The number of nitrogens with one attached hydrogen (secondary N) is 1. The van der Waals surface area contributed by atoms with E-state index in [1.165, 1.54) is 5.56 Å². The summed E-state index contributed by atoms with van der Waals surface area (Å²) in [6, 6.07) is 8.24. The van der Waals surface area contributed by atoms with E-state index in [0.717, 1.165) is 18.7 Å². The largest absolute Gasteiger partial charge is 0.373 e. The lowest BCUT2D eigenvalue weighted by Gasteiger charge is -2.34. The quantitative estimate of drug-likeness (QED) is 0.381. The minimum atomic E-state index is -3.32. The van der Waals surface area contributed by atoms with Crippen LogP contribution in [0.25, 0.3) is 0 Å². The number of hydrogen-bond acceptors (Lipinski definition) is 4. The summed E-state index contributed by atoms with van der Waals surface area (Å²) in [6.45, 7) is 5.83. The van der Waals surface area contributed by atoms with Crippen molar-refractivity contribution in [3.63, 3.8) is 0 Å². The van der Waals surface area contributed by atoms with Crippen molar-refractivity contribution in [2.24, 2.45) is 4.99 Å². The van der Waals surface area contributed by atoms with Crippen LogP contribution in [-0.2, 0) is 21.2 Å². The first-order valence-electron chi connectivity index (χ1n) is 9.10. The Balaban J connectivity index is 0.00000261. The predicted octanol–water partition coefficient (Wildman–Crippen LogP) is 1.68. The Bertz CT molecular complexity index is 762. The van der Waals surface area contributed by atoms with Crippen molar-refractivity contribution < 1.29 is 13.2 Å². The molecule has 2 unspecified atom stereocenters. The number of ether oxygens (including phenoxy) is 1. The molecule has 1 aromatic rings. The summed E-state index contributed by atoms with van der Waals surface area (Å²) in [4.78, 5) is 6.44. The molecule has 0 saturated carbocycles. The van der Waals surface area contributed by atoms with E-state index >= 15 is 0 Å². The molecule has 0 radical (unpaired) electrons. The van der Waals surface area contributed by atoms with Crippen LogP contribution >= 0.6 is 24.0 Å². The van der Waals surface area contributed by atoms with Gasteiger partial charge in [0.15, 0.2) is 5.96 Å². The third-order valence-electron chi connectivity index (χ3n) is 4.78. The van der Waals surface area contributed by atoms with Crippen molar-refractivity contribution in [3.8, 4) is 0 Å². The molecule has 1 N–H and O–H groups in total. The summed E-state index contributed by atoms with van der Waals surface area (Å²) in [5.74, 6) is 0.759. The van der Waals surface area contributed by atoms with E-state index in [-0.39, 0.29) is 41.9 Å². The Labute approximate surface area is 179 Å². The molecule has 0 spiro atoms. The highest BCUT2D eigenvalue weighted by atomic mass is 127. The lowest BCUT2D eigenvalue weighted by molar-refractivity contribution is -0.0440. The molecule has 0 aromatic heterocycles. The SMILES string of the molecule is CN=C(NCCS(=O)(=O)N1CC(C)OC(C)C1)N1CCc2ccccc21.I. The number of aliphatic imine (C=N–C) groups is 1. The van der Waals surface area contributed by atoms with Gasteiger partial charge < -0.3 is 15.0 Å². The van der Waals surface area contributed by atoms with E-state index in [1.807, 2.05) is 26.0 Å². The number of guanidine groups is 1. The molecule has 2 heterocycles. The fourth-order valence-electron chi connectivity index (χ4n) is 3.63. The molecule has 0 amide bonds. The van der Waals surface area contributed by atoms with Crippen LogP contribution in [0.1, 0.15) is 19.4 Å². The van der Waals surface area contributed by atoms with Gasteiger partial charge in [0.2, 0.25) is 10.0 Å². The molecule has 1 fully saturated rings. The molecule has 3 rings (SSSR count). The maximum Gasteiger partial charge on any atom is 0.216 e. The zero-order valence-corrected chi connectivity index (χ0v) is 19.2. The first-order chi connectivity index (χ1) is 12.4. The number of halogens is 1. The van der Waals surface area contributed by atoms with Crippen molar-refractivity contribution >= 4 is 45.6 Å². The topological polar surface area (TPSA) is 74.2 Å². The number of benzene rings is 1. The third-order valence-corrected chi connectivity index (χ3v) is 6.58. The molecule has 152 valence electrons. The van der Waals surface area contributed by atoms with Crippen LogP contribution in [0.5, 0.6) is 0 Å². The van der Waals surface area contributed by atoms with Gasteiger partial charge in [0.1, 0.15) is 0 Å². The van der Waals surface area contributed by atoms with Crippen molar-refractivity contribution in [1.82, 2.24) is 9.62 Å². The van der Waals surface area contributed by atoms with E-state index in [1.54, 1.807) is 11.4 Å². The number of para-hydroxylation sites is 1. The van der Waals surface area contributed by atoms with E-state index in [9.17, 15) is 8.42 Å². The lowest BCUT2D eigenvalue weighted by Crippen LogP contribution is -2.50. The van der Waals surface area contributed by atoms with E-state index in [4.69, 9.17) is 4.74 Å². The summed E-state index contributed by atoms with van der Waals surface area (Å²) in [6.07, 6.45) is 0.823. The zero-order valence-electron chi connectivity index (χ0n) is 16.1. The number of hydrogen-bond donors (Lipinski definition) is 1. The summed E-state index contributed by atoms with van der Waals surface area (Å²) in [5, 5.41) is 3.21. The summed E-state index contributed by atoms with van der Waals surface area (Å²) in [5.41, 5.74) is 2.43. The third kappa shape index (κ3) is 5.33. The standard InChI is InChI=1S/C18H28N4O3S.HI/c1-14-12-21(13-15(2)25-14)26(23,24)11-9-20-18(19-3)22-10-8-16-6-4-5-7-17(16)22;/h4-7,14-15H,8-13H2,1-3H3,(H,19,20);1H. The highest BCUT2D eigenvalue weighted by molar-refractivity contribution is 14.0. The van der Waals surface area contributed by atoms with Crippen LogP contribution < -0.4 is 10.2 Å². The number of nitrogens with zero attached hydrogens (tertiary/aromatic N) is 3. The van der Waals surface area contributed by atoms with Gasteiger partial charge in [0.05, 0.1) is 18.0 Å². The Morgan fingerprint density at radius 2 is 1.93 bits per heavy atom. The molecule has 9 heteroatoms. The van der Waals surface area contributed by atoms with Gasteiger partial charge >= 0.3 is 0 Å². The minimum absolute atomic E-state index is 0. The average Bonchev–Trinajstić information content (AvgIpc) is 3.02. The van der Waals surface area contributed by atoms with E-state index < -0.39 is 10.0 Å². The highest BCUT2D eigenvalue weighted by Gasteiger charge is 2.31. The molecule has 1 aromatic carbocycles. The van der Waals surface area contributed by atoms with Gasteiger partial charge in [-0.15, -0.1) is 24.0 Å². The smallest absolute Gasteiger partial charge is 0.216 e. The molecule has 7 nitrogen and oxygen atoms in total. The summed E-state index contributed by atoms with van der Waals surface area (Å²) >= 11 is 0. The molecule has 1 saturated heterocycles. The predicted molar refractivity (Wildman–Crippen MR) is 120 cm³/mol. The Kier molecular flexibility index (Phi) is 7.90. The van der Waals surface area contributed by atoms with E-state index in [0.29, 0.717) is 25.6 Å². The van der Waals surface area contributed by atoms with Crippen molar-refractivity contribution in [3.05, 3.63) is 29.8 Å². The van der Waals surface area contributed by atoms with Gasteiger partial charge in [-0.2, -0.15) is 4.31 Å². The number of morpholine rings is 1. The second-order valence-electron chi connectivity index (χ2n) is 6.89. The van der Waals surface area contributed by atoms with Gasteiger partial charge in [0.25, 0.3) is 0 Å². The van der Waals surface area contributed by atoms with Crippen molar-refractivity contribution in [2.45, 2.75) is 32.5 Å². The van der Waals surface area contributed by atoms with Gasteiger partial charge in [-0.3, -0.25) is 4.99 Å². The second-order valence-corrected chi connectivity index (χ2v) is 8.98. The first-order valence-corrected chi connectivity index (χ1v) is 10.7. The summed E-state index contributed by atoms with van der Waals surface area (Å²) in [7, 11) is -1.59. The van der Waals surface area contributed by atoms with Gasteiger partial charge in [-0.25, -0.2) is 8.42 Å². The lowest BCUT2D eigenvalue weighted by atomic mass is 10.2. The van der Waals surface area contributed by atoms with E-state index in [2.05, 4.69) is 27.3 Å². The van der Waals surface area contributed by atoms with Crippen molar-refractivity contribution in [1.29, 1.82) is 0 Å². The Hall–Kier alpha value is -0.910. The molecule has 2 atom stereocenters. The van der Waals surface area contributed by atoms with Gasteiger partial charge in [0, 0.05) is 38.9 Å². The summed E-state index contributed by atoms with van der Waals surface area (Å²) < 4.78 is 32.5. The Morgan fingerprint density at radius 1 is 1.26 bits per heavy atom. The zero-order chi connectivity index (χ0) is 18.7. The number of fused-ring (bicyclic) bond motifs is 1. The maximum absolute atomic E-state index is 12.6. The number of sulfonamides is 1. The monoisotopic (exact) mass is 508 g/mol. The fraction of sp³-hybridized carbons (Fsp3) is 0.611. The van der Waals surface area contributed by atoms with Gasteiger partial charge in [-0.1, -0.05) is 18.2 Å². The minimum Gasteiger partial charge on any atom is -0.373 e. The number of rotatable bonds is 4. The van der Waals surface area contributed by atoms with Crippen molar-refractivity contribution in [2.75, 3.05) is 43.9 Å². The Morgan fingerprint density at radius 3 is 2.59 bits per heavy atom. The molecule has 27 heavy (non-hydrogen) atoms. The van der Waals surface area contributed by atoms with Crippen LogP contribution in [0.4, 0.5) is 5.69 Å². The normalized spacial score (nSPS) is 23.7. The van der Waals surface area contributed by atoms with Crippen LogP contribution in [-0.4, -0.2) is 69.9 Å².